The molecule has 33 heavy (non-hydrogen) atoms. The van der Waals surface area contributed by atoms with Gasteiger partial charge >= 0.3 is 6.03 Å². The molecule has 1 N–H and O–H groups in total. The summed E-state index contributed by atoms with van der Waals surface area (Å²) in [6.45, 7) is 10.0. The zero-order valence-electron chi connectivity index (χ0n) is 19.3. The van der Waals surface area contributed by atoms with Gasteiger partial charge in [0.25, 0.3) is 5.91 Å². The van der Waals surface area contributed by atoms with Crippen molar-refractivity contribution in [3.8, 4) is 0 Å². The van der Waals surface area contributed by atoms with Gasteiger partial charge in [-0.2, -0.15) is 0 Å². The molecule has 4 aliphatic heterocycles. The van der Waals surface area contributed by atoms with Crippen LogP contribution in [0, 0.1) is 6.92 Å². The summed E-state index contributed by atoms with van der Waals surface area (Å²) in [7, 11) is 1.68. The maximum Gasteiger partial charge on any atom is 0.325 e. The van der Waals surface area contributed by atoms with E-state index in [0.717, 1.165) is 62.4 Å². The number of likely N-dealkylation sites (N-methyl/N-ethyl adjacent to an activating group) is 1. The summed E-state index contributed by atoms with van der Waals surface area (Å²) >= 11 is 6.21. The number of fused-ring (bicyclic) bond motifs is 3. The first-order chi connectivity index (χ1) is 15.8. The number of aliphatic imine (C=N–C) groups is 1. The van der Waals surface area contributed by atoms with Crippen LogP contribution in [0.15, 0.2) is 35.1 Å². The van der Waals surface area contributed by atoms with Crippen LogP contribution >= 0.6 is 11.6 Å². The summed E-state index contributed by atoms with van der Waals surface area (Å²) in [5.74, 6) is 0.473. The van der Waals surface area contributed by atoms with Crippen molar-refractivity contribution in [1.29, 1.82) is 0 Å². The molecule has 5 rings (SSSR count). The normalized spacial score (nSPS) is 25.2. The number of rotatable bonds is 5. The second-order valence-corrected chi connectivity index (χ2v) is 9.57. The third-order valence-corrected chi connectivity index (χ3v) is 7.25. The standard InChI is InChI=1S/C23H30ClN7O2/c1-15-5-6-17(24)13-18(15)29-11-9-28(10-12-29)7-4-8-30-16(2)14-31-19-20(25-22(30)31)27(3)23(33)26-21(19)32/h5-6,13-14,19-20H,4,7-12H2,1-3H3,(H,26,32,33). The highest BCUT2D eigenvalue weighted by Crippen LogP contribution is 2.32. The van der Waals surface area contributed by atoms with Gasteiger partial charge in [0.05, 0.1) is 0 Å². The summed E-state index contributed by atoms with van der Waals surface area (Å²) in [4.78, 5) is 39.6. The average Bonchev–Trinajstić information content (AvgIpc) is 3.30. The van der Waals surface area contributed by atoms with Crippen LogP contribution in [0.5, 0.6) is 0 Å². The van der Waals surface area contributed by atoms with Gasteiger partial charge in [-0.15, -0.1) is 0 Å². The highest BCUT2D eigenvalue weighted by Gasteiger charge is 2.51. The Morgan fingerprint density at radius 3 is 2.64 bits per heavy atom. The third kappa shape index (κ3) is 3.93. The molecule has 3 amide bonds. The van der Waals surface area contributed by atoms with Crippen molar-refractivity contribution >= 4 is 35.2 Å². The minimum atomic E-state index is -0.495. The van der Waals surface area contributed by atoms with Crippen LogP contribution < -0.4 is 10.2 Å². The summed E-state index contributed by atoms with van der Waals surface area (Å²) in [6.07, 6.45) is 2.49. The molecule has 2 atom stereocenters. The van der Waals surface area contributed by atoms with Crippen molar-refractivity contribution in [1.82, 2.24) is 24.9 Å². The van der Waals surface area contributed by atoms with Gasteiger partial charge in [0.2, 0.25) is 5.96 Å². The molecule has 10 heteroatoms. The predicted molar refractivity (Wildman–Crippen MR) is 128 cm³/mol. The van der Waals surface area contributed by atoms with Crippen molar-refractivity contribution < 1.29 is 9.59 Å². The molecule has 9 nitrogen and oxygen atoms in total. The Kier molecular flexibility index (Phi) is 5.70. The van der Waals surface area contributed by atoms with Gasteiger partial charge in [-0.3, -0.25) is 15.0 Å². The Bertz CT molecular complexity index is 1030. The highest BCUT2D eigenvalue weighted by atomic mass is 35.5. The predicted octanol–water partition coefficient (Wildman–Crippen LogP) is 1.89. The van der Waals surface area contributed by atoms with Crippen LogP contribution in [-0.2, 0) is 4.79 Å². The Hall–Kier alpha value is -2.78. The molecule has 0 saturated carbocycles. The van der Waals surface area contributed by atoms with Crippen molar-refractivity contribution in [2.45, 2.75) is 32.5 Å². The lowest BCUT2D eigenvalue weighted by Crippen LogP contribution is -2.62. The molecule has 4 heterocycles. The second kappa shape index (κ2) is 8.53. The number of benzene rings is 1. The van der Waals surface area contributed by atoms with Crippen LogP contribution in [0.4, 0.5) is 10.5 Å². The molecule has 2 fully saturated rings. The average molecular weight is 472 g/mol. The molecular weight excluding hydrogens is 442 g/mol. The summed E-state index contributed by atoms with van der Waals surface area (Å²) in [5.41, 5.74) is 3.56. The van der Waals surface area contributed by atoms with Gasteiger partial charge in [-0.25, -0.2) is 9.79 Å². The SMILES string of the molecule is CC1=CN2C(=NC3C2C(=O)NC(=O)N3C)N1CCCN1CCN(c2cc(Cl)ccc2C)CC1. The molecule has 0 bridgehead atoms. The van der Waals surface area contributed by atoms with Crippen LogP contribution in [0.25, 0.3) is 0 Å². The van der Waals surface area contributed by atoms with Crippen molar-refractivity contribution in [2.24, 2.45) is 4.99 Å². The quantitative estimate of drug-likeness (QED) is 0.707. The summed E-state index contributed by atoms with van der Waals surface area (Å²) in [5, 5.41) is 3.20. The maximum atomic E-state index is 12.4. The number of carbonyl (C=O) groups excluding carboxylic acids is 2. The molecular formula is C23H30ClN7O2. The molecule has 0 aliphatic carbocycles. The lowest BCUT2D eigenvalue weighted by atomic mass is 10.1. The van der Waals surface area contributed by atoms with E-state index in [4.69, 9.17) is 16.6 Å². The summed E-state index contributed by atoms with van der Waals surface area (Å²) < 4.78 is 0. The Labute approximate surface area is 199 Å². The smallest absolute Gasteiger partial charge is 0.325 e. The fourth-order valence-electron chi connectivity index (χ4n) is 5.11. The number of hydrogen-bond donors (Lipinski definition) is 1. The van der Waals surface area contributed by atoms with E-state index >= 15 is 0 Å². The minimum Gasteiger partial charge on any atom is -0.369 e. The van der Waals surface area contributed by atoms with Crippen molar-refractivity contribution in [3.63, 3.8) is 0 Å². The number of piperazine rings is 1. The fraction of sp³-hybridized carbons (Fsp3) is 0.522. The number of urea groups is 1. The largest absolute Gasteiger partial charge is 0.369 e. The number of guanidine groups is 1. The Balaban J connectivity index is 1.15. The van der Waals surface area contributed by atoms with Gasteiger partial charge in [0.1, 0.15) is 0 Å². The number of aryl methyl sites for hydroxylation is 1. The molecule has 176 valence electrons. The first-order valence-corrected chi connectivity index (χ1v) is 11.8. The number of amides is 3. The lowest BCUT2D eigenvalue weighted by Gasteiger charge is -2.37. The van der Waals surface area contributed by atoms with Crippen LogP contribution in [0.1, 0.15) is 18.9 Å². The van der Waals surface area contributed by atoms with Crippen LogP contribution in [-0.4, -0.2) is 96.0 Å². The number of halogens is 1. The lowest BCUT2D eigenvalue weighted by molar-refractivity contribution is -0.126. The number of imide groups is 1. The molecule has 1 aromatic rings. The molecule has 0 spiro atoms. The van der Waals surface area contributed by atoms with E-state index < -0.39 is 18.2 Å². The van der Waals surface area contributed by atoms with E-state index in [0.29, 0.717) is 0 Å². The Morgan fingerprint density at radius 1 is 1.12 bits per heavy atom. The fourth-order valence-corrected chi connectivity index (χ4v) is 5.28. The Morgan fingerprint density at radius 2 is 1.88 bits per heavy atom. The van der Waals surface area contributed by atoms with E-state index in [2.05, 4.69) is 39.1 Å². The first kappa shape index (κ1) is 22.0. The van der Waals surface area contributed by atoms with Gasteiger partial charge in [-0.05, 0) is 44.5 Å². The van der Waals surface area contributed by atoms with Gasteiger partial charge in [0, 0.05) is 62.4 Å². The van der Waals surface area contributed by atoms with E-state index in [-0.39, 0.29) is 5.91 Å². The molecule has 0 aromatic heterocycles. The number of nitrogens with zero attached hydrogens (tertiary/aromatic N) is 6. The third-order valence-electron chi connectivity index (χ3n) is 7.01. The second-order valence-electron chi connectivity index (χ2n) is 9.14. The van der Waals surface area contributed by atoms with Crippen LogP contribution in [0.3, 0.4) is 0 Å². The number of anilines is 1. The number of allylic oxidation sites excluding steroid dienone is 1. The van der Waals surface area contributed by atoms with Gasteiger partial charge < -0.3 is 19.6 Å². The van der Waals surface area contributed by atoms with Crippen molar-refractivity contribution in [3.05, 3.63) is 40.7 Å². The number of hydrogen-bond acceptors (Lipinski definition) is 7. The number of nitrogens with one attached hydrogen (secondary N) is 1. The van der Waals surface area contributed by atoms with E-state index in [1.165, 1.54) is 16.2 Å². The monoisotopic (exact) mass is 471 g/mol. The molecule has 4 aliphatic rings. The van der Waals surface area contributed by atoms with E-state index in [1.807, 2.05) is 24.1 Å². The highest BCUT2D eigenvalue weighted by molar-refractivity contribution is 6.30. The van der Waals surface area contributed by atoms with Crippen LogP contribution in [0.2, 0.25) is 5.02 Å². The topological polar surface area (TPSA) is 74.7 Å². The number of carbonyl (C=O) groups is 2. The minimum absolute atomic E-state index is 0.291. The van der Waals surface area contributed by atoms with E-state index in [1.54, 1.807) is 7.05 Å². The summed E-state index contributed by atoms with van der Waals surface area (Å²) in [6, 6.07) is 5.19. The van der Waals surface area contributed by atoms with E-state index in [9.17, 15) is 9.59 Å². The molecule has 2 unspecified atom stereocenters. The first-order valence-electron chi connectivity index (χ1n) is 11.5. The molecule has 2 saturated heterocycles. The van der Waals surface area contributed by atoms with Crippen molar-refractivity contribution in [2.75, 3.05) is 51.2 Å². The van der Waals surface area contributed by atoms with Gasteiger partial charge in [0.15, 0.2) is 12.2 Å². The zero-order chi connectivity index (χ0) is 23.3. The maximum absolute atomic E-state index is 12.4. The molecule has 0 radical (unpaired) electrons. The molecule has 1 aromatic carbocycles. The zero-order valence-corrected chi connectivity index (χ0v) is 20.0. The van der Waals surface area contributed by atoms with Gasteiger partial charge in [-0.1, -0.05) is 17.7 Å².